The van der Waals surface area contributed by atoms with Crippen molar-refractivity contribution >= 4 is 5.78 Å². The lowest BCUT2D eigenvalue weighted by atomic mass is 9.93. The van der Waals surface area contributed by atoms with Gasteiger partial charge in [0.1, 0.15) is 0 Å². The van der Waals surface area contributed by atoms with Gasteiger partial charge in [-0.15, -0.1) is 0 Å². The van der Waals surface area contributed by atoms with E-state index in [9.17, 15) is 4.79 Å². The third-order valence-electron chi connectivity index (χ3n) is 7.06. The van der Waals surface area contributed by atoms with E-state index in [4.69, 9.17) is 4.98 Å². The maximum Gasteiger partial charge on any atom is 0.162 e. The largest absolute Gasteiger partial charge is 0.294 e. The molecule has 0 N–H and O–H groups in total. The van der Waals surface area contributed by atoms with Gasteiger partial charge in [0.15, 0.2) is 5.78 Å². The van der Waals surface area contributed by atoms with Crippen LogP contribution in [0.3, 0.4) is 0 Å². The number of pyridine rings is 1. The fourth-order valence-corrected chi connectivity index (χ4v) is 5.13. The molecule has 2 nitrogen and oxygen atoms in total. The van der Waals surface area contributed by atoms with Gasteiger partial charge in [0.05, 0.1) is 0 Å². The number of benzene rings is 2. The topological polar surface area (TPSA) is 30.0 Å². The van der Waals surface area contributed by atoms with Gasteiger partial charge in [0.2, 0.25) is 0 Å². The molecular formula is C30H35NO. The van der Waals surface area contributed by atoms with Crippen LogP contribution in [0.25, 0.3) is 11.1 Å². The fourth-order valence-electron chi connectivity index (χ4n) is 5.13. The first-order valence-corrected chi connectivity index (χ1v) is 12.4. The Hall–Kier alpha value is -2.74. The highest BCUT2D eigenvalue weighted by Gasteiger charge is 2.52. The molecule has 0 radical (unpaired) electrons. The zero-order valence-corrected chi connectivity index (χ0v) is 19.9. The van der Waals surface area contributed by atoms with Crippen molar-refractivity contribution in [1.29, 1.82) is 0 Å². The minimum absolute atomic E-state index is 0.259. The van der Waals surface area contributed by atoms with E-state index in [0.717, 1.165) is 30.5 Å². The smallest absolute Gasteiger partial charge is 0.162 e. The number of carbonyl (C=O) groups is 1. The van der Waals surface area contributed by atoms with Crippen LogP contribution in [0.5, 0.6) is 0 Å². The van der Waals surface area contributed by atoms with Crippen molar-refractivity contribution in [2.75, 3.05) is 0 Å². The van der Waals surface area contributed by atoms with E-state index >= 15 is 0 Å². The van der Waals surface area contributed by atoms with E-state index in [2.05, 4.69) is 68.4 Å². The van der Waals surface area contributed by atoms with Crippen molar-refractivity contribution in [3.05, 3.63) is 88.7 Å². The van der Waals surface area contributed by atoms with E-state index in [0.29, 0.717) is 17.8 Å². The van der Waals surface area contributed by atoms with Crippen molar-refractivity contribution in [2.24, 2.45) is 0 Å². The Labute approximate surface area is 193 Å². The Morgan fingerprint density at radius 1 is 1.00 bits per heavy atom. The van der Waals surface area contributed by atoms with Crippen molar-refractivity contribution in [3.8, 4) is 11.1 Å². The van der Waals surface area contributed by atoms with Crippen LogP contribution in [-0.4, -0.2) is 10.8 Å². The number of nitrogens with zero attached hydrogens (tertiary/aromatic N) is 1. The van der Waals surface area contributed by atoms with Gasteiger partial charge in [-0.25, -0.2) is 0 Å². The van der Waals surface area contributed by atoms with Gasteiger partial charge in [-0.1, -0.05) is 70.2 Å². The highest BCUT2D eigenvalue weighted by atomic mass is 16.1. The standard InChI is InChI=1S/C28H29NO.C2H6/c1-3-6-27(30)21-9-11-25-23(16-21)24(17-28(25)13-14-28)26-12-10-22(18-29-26)20-8-5-7-19(4-2)15-20;1-2/h5,7-12,15-16,18,24H,3-4,6,13-14,17H2,1-2H3;1-2H3. The first kappa shape index (κ1) is 22.5. The molecule has 1 unspecified atom stereocenters. The molecule has 1 spiro atoms. The molecule has 0 amide bonds. The van der Waals surface area contributed by atoms with Crippen LogP contribution in [0.4, 0.5) is 0 Å². The second-order valence-corrected chi connectivity index (χ2v) is 9.04. The zero-order chi connectivity index (χ0) is 22.7. The number of aryl methyl sites for hydroxylation is 1. The van der Waals surface area contributed by atoms with Crippen molar-refractivity contribution in [1.82, 2.24) is 4.98 Å². The molecule has 1 heterocycles. The van der Waals surface area contributed by atoms with E-state index in [1.807, 2.05) is 20.0 Å². The summed E-state index contributed by atoms with van der Waals surface area (Å²) < 4.78 is 0. The molecule has 1 aromatic heterocycles. The summed E-state index contributed by atoms with van der Waals surface area (Å²) in [6, 6.07) is 19.6. The summed E-state index contributed by atoms with van der Waals surface area (Å²) in [6.45, 7) is 8.25. The summed E-state index contributed by atoms with van der Waals surface area (Å²) in [5.74, 6) is 0.558. The minimum atomic E-state index is 0.259. The van der Waals surface area contributed by atoms with E-state index < -0.39 is 0 Å². The summed E-state index contributed by atoms with van der Waals surface area (Å²) in [4.78, 5) is 17.4. The van der Waals surface area contributed by atoms with Gasteiger partial charge in [-0.05, 0) is 71.9 Å². The number of rotatable bonds is 6. The molecule has 2 heteroatoms. The normalized spacial score (nSPS) is 17.4. The van der Waals surface area contributed by atoms with Gasteiger partial charge < -0.3 is 0 Å². The molecule has 32 heavy (non-hydrogen) atoms. The maximum absolute atomic E-state index is 12.5. The van der Waals surface area contributed by atoms with Crippen molar-refractivity contribution in [3.63, 3.8) is 0 Å². The van der Waals surface area contributed by atoms with Gasteiger partial charge >= 0.3 is 0 Å². The zero-order valence-electron chi connectivity index (χ0n) is 19.9. The second-order valence-electron chi connectivity index (χ2n) is 9.04. The molecule has 3 aromatic rings. The Kier molecular flexibility index (Phi) is 6.60. The third kappa shape index (κ3) is 4.16. The van der Waals surface area contributed by atoms with Crippen LogP contribution < -0.4 is 0 Å². The van der Waals surface area contributed by atoms with Crippen LogP contribution in [0, 0.1) is 0 Å². The number of Topliss-reactive ketones (excluding diaryl/α,β-unsaturated/α-hetero) is 1. The Morgan fingerprint density at radius 2 is 1.81 bits per heavy atom. The number of aromatic nitrogens is 1. The molecule has 5 rings (SSSR count). The van der Waals surface area contributed by atoms with Crippen molar-refractivity contribution in [2.45, 2.75) is 77.6 Å². The molecular weight excluding hydrogens is 390 g/mol. The molecule has 166 valence electrons. The number of carbonyl (C=O) groups excluding carboxylic acids is 1. The number of hydrogen-bond acceptors (Lipinski definition) is 2. The van der Waals surface area contributed by atoms with Crippen LogP contribution in [0.2, 0.25) is 0 Å². The maximum atomic E-state index is 12.5. The Balaban J connectivity index is 0.00000119. The van der Waals surface area contributed by atoms with Crippen LogP contribution in [0.15, 0.2) is 60.8 Å². The lowest BCUT2D eigenvalue weighted by molar-refractivity contribution is 0.0981. The second kappa shape index (κ2) is 9.40. The fraction of sp³-hybridized carbons (Fsp3) is 0.400. The van der Waals surface area contributed by atoms with Crippen molar-refractivity contribution < 1.29 is 4.79 Å². The lowest BCUT2D eigenvalue weighted by Crippen LogP contribution is -2.03. The predicted molar refractivity (Wildman–Crippen MR) is 133 cm³/mol. The molecule has 2 aromatic carbocycles. The molecule has 1 saturated carbocycles. The predicted octanol–water partition coefficient (Wildman–Crippen LogP) is 7.89. The number of hydrogen-bond donors (Lipinski definition) is 0. The SMILES string of the molecule is CC.CCCC(=O)c1ccc2c(c1)C(c1ccc(-c3cccc(CC)c3)cn1)CC21CC1. The highest BCUT2D eigenvalue weighted by Crippen LogP contribution is 2.61. The van der Waals surface area contributed by atoms with Gasteiger partial charge in [0.25, 0.3) is 0 Å². The molecule has 1 atom stereocenters. The summed E-state index contributed by atoms with van der Waals surface area (Å²) in [5, 5.41) is 0. The van der Waals surface area contributed by atoms with E-state index in [1.165, 1.54) is 40.7 Å². The first-order chi connectivity index (χ1) is 15.6. The summed E-state index contributed by atoms with van der Waals surface area (Å²) in [7, 11) is 0. The molecule has 2 aliphatic carbocycles. The van der Waals surface area contributed by atoms with Crippen LogP contribution in [-0.2, 0) is 11.8 Å². The van der Waals surface area contributed by atoms with Gasteiger partial charge in [-0.2, -0.15) is 0 Å². The lowest BCUT2D eigenvalue weighted by Gasteiger charge is -2.13. The Morgan fingerprint density at radius 3 is 2.47 bits per heavy atom. The quantitative estimate of drug-likeness (QED) is 0.376. The first-order valence-electron chi connectivity index (χ1n) is 12.4. The van der Waals surface area contributed by atoms with Gasteiger partial charge in [-0.3, -0.25) is 9.78 Å². The number of ketones is 1. The highest BCUT2D eigenvalue weighted by molar-refractivity contribution is 5.96. The molecule has 0 bridgehead atoms. The molecule has 0 saturated heterocycles. The summed E-state index contributed by atoms with van der Waals surface area (Å²) >= 11 is 0. The minimum Gasteiger partial charge on any atom is -0.294 e. The molecule has 2 aliphatic rings. The van der Waals surface area contributed by atoms with Crippen LogP contribution in [0.1, 0.15) is 98.5 Å². The molecule has 1 fully saturated rings. The summed E-state index contributed by atoms with van der Waals surface area (Å²) in [5.41, 5.74) is 8.88. The monoisotopic (exact) mass is 425 g/mol. The Bertz CT molecular complexity index is 1090. The van der Waals surface area contributed by atoms with E-state index in [-0.39, 0.29) is 5.78 Å². The van der Waals surface area contributed by atoms with Gasteiger partial charge in [0, 0.05) is 35.4 Å². The average Bonchev–Trinajstić information content (AvgIpc) is 3.57. The van der Waals surface area contributed by atoms with E-state index in [1.54, 1.807) is 0 Å². The van der Waals surface area contributed by atoms with Crippen LogP contribution >= 0.6 is 0 Å². The summed E-state index contributed by atoms with van der Waals surface area (Å²) in [6.07, 6.45) is 8.24. The third-order valence-corrected chi connectivity index (χ3v) is 7.06. The molecule has 0 aliphatic heterocycles. The number of fused-ring (bicyclic) bond motifs is 2. The average molecular weight is 426 g/mol.